The van der Waals surface area contributed by atoms with Crippen LogP contribution in [-0.2, 0) is 11.0 Å². The second-order valence-corrected chi connectivity index (χ2v) is 15.2. The monoisotopic (exact) mass is 708 g/mol. The number of nitrogens with two attached hydrogens (primary N) is 1. The van der Waals surface area contributed by atoms with Crippen LogP contribution >= 0.6 is 0 Å². The molecule has 3 N–H and O–H groups in total. The van der Waals surface area contributed by atoms with Crippen molar-refractivity contribution in [2.75, 3.05) is 24.5 Å². The first-order valence-electron chi connectivity index (χ1n) is 17.2. The fraction of sp³-hybridized carbons (Fsp3) is 0.462. The van der Waals surface area contributed by atoms with E-state index in [4.69, 9.17) is 10.5 Å². The summed E-state index contributed by atoms with van der Waals surface area (Å²) in [7, 11) is 0. The van der Waals surface area contributed by atoms with E-state index in [1.54, 1.807) is 13.8 Å². The zero-order valence-corrected chi connectivity index (χ0v) is 30.1. The SMILES string of the molecule is CC(C)N(C(=O)c1cc2c(cc1C(F)(F)F)OC(C)(C)C(=O)N2CCN)[C@@H]1C(C(C)(C)C)N(C(=O)O)CC[C@H]1c1cccc(-c2ccccc2)c1. The van der Waals surface area contributed by atoms with E-state index in [0.29, 0.717) is 6.42 Å². The molecule has 0 aromatic heterocycles. The highest BCUT2D eigenvalue weighted by Crippen LogP contribution is 2.47. The number of ether oxygens (including phenoxy) is 1. The smallest absolute Gasteiger partial charge is 0.417 e. The van der Waals surface area contributed by atoms with Crippen LogP contribution < -0.4 is 15.4 Å². The van der Waals surface area contributed by atoms with Gasteiger partial charge in [0.05, 0.1) is 28.9 Å². The van der Waals surface area contributed by atoms with Crippen molar-refractivity contribution in [3.63, 3.8) is 0 Å². The summed E-state index contributed by atoms with van der Waals surface area (Å²) in [6, 6.07) is 17.1. The van der Waals surface area contributed by atoms with Gasteiger partial charge in [0.15, 0.2) is 5.60 Å². The van der Waals surface area contributed by atoms with Crippen LogP contribution in [0.3, 0.4) is 0 Å². The van der Waals surface area contributed by atoms with E-state index >= 15 is 4.79 Å². The predicted octanol–water partition coefficient (Wildman–Crippen LogP) is 7.64. The lowest BCUT2D eigenvalue weighted by molar-refractivity contribution is -0.138. The molecule has 274 valence electrons. The molecule has 0 aliphatic carbocycles. The first-order valence-corrected chi connectivity index (χ1v) is 17.2. The summed E-state index contributed by atoms with van der Waals surface area (Å²) in [5.74, 6) is -2.06. The van der Waals surface area contributed by atoms with Gasteiger partial charge in [-0.25, -0.2) is 4.79 Å². The van der Waals surface area contributed by atoms with Crippen molar-refractivity contribution in [1.29, 1.82) is 0 Å². The van der Waals surface area contributed by atoms with Gasteiger partial charge in [-0.15, -0.1) is 0 Å². The molecule has 1 saturated heterocycles. The van der Waals surface area contributed by atoms with Crippen LogP contribution in [0.2, 0.25) is 0 Å². The van der Waals surface area contributed by atoms with Crippen molar-refractivity contribution in [2.45, 2.75) is 90.7 Å². The first-order chi connectivity index (χ1) is 23.8. The fourth-order valence-electron chi connectivity index (χ4n) is 7.71. The lowest BCUT2D eigenvalue weighted by atomic mass is 9.70. The molecule has 9 nitrogen and oxygen atoms in total. The zero-order valence-electron chi connectivity index (χ0n) is 30.1. The van der Waals surface area contributed by atoms with Gasteiger partial charge in [0.2, 0.25) is 0 Å². The number of likely N-dealkylation sites (tertiary alicyclic amines) is 1. The van der Waals surface area contributed by atoms with Gasteiger partial charge in [-0.3, -0.25) is 9.59 Å². The Bertz CT molecular complexity index is 1790. The molecule has 3 aromatic rings. The van der Waals surface area contributed by atoms with Gasteiger partial charge in [0, 0.05) is 31.6 Å². The number of anilines is 1. The Hall–Kier alpha value is -4.58. The van der Waals surface area contributed by atoms with E-state index in [1.165, 1.54) is 28.5 Å². The maximum atomic E-state index is 15.0. The van der Waals surface area contributed by atoms with Gasteiger partial charge in [-0.05, 0) is 68.4 Å². The van der Waals surface area contributed by atoms with Crippen molar-refractivity contribution in [3.8, 4) is 16.9 Å². The molecule has 1 unspecified atom stereocenters. The number of benzene rings is 3. The Kier molecular flexibility index (Phi) is 10.2. The maximum absolute atomic E-state index is 15.0. The number of fused-ring (bicyclic) bond motifs is 1. The van der Waals surface area contributed by atoms with Crippen molar-refractivity contribution in [2.24, 2.45) is 11.1 Å². The van der Waals surface area contributed by atoms with Crippen molar-refractivity contribution in [3.05, 3.63) is 83.4 Å². The minimum Gasteiger partial charge on any atom is -0.476 e. The Morgan fingerprint density at radius 2 is 1.67 bits per heavy atom. The van der Waals surface area contributed by atoms with Gasteiger partial charge in [0.25, 0.3) is 11.8 Å². The first kappa shape index (κ1) is 37.7. The molecule has 3 atom stereocenters. The van der Waals surface area contributed by atoms with Crippen LogP contribution in [-0.4, -0.2) is 76.2 Å². The van der Waals surface area contributed by atoms with E-state index in [-0.39, 0.29) is 31.1 Å². The Morgan fingerprint density at radius 3 is 2.24 bits per heavy atom. The maximum Gasteiger partial charge on any atom is 0.417 e. The number of piperidine rings is 1. The molecule has 3 aromatic carbocycles. The summed E-state index contributed by atoms with van der Waals surface area (Å²) in [6.45, 7) is 12.2. The van der Waals surface area contributed by atoms with Crippen molar-refractivity contribution < 1.29 is 37.4 Å². The van der Waals surface area contributed by atoms with Gasteiger partial charge >= 0.3 is 12.3 Å². The van der Waals surface area contributed by atoms with E-state index in [2.05, 4.69) is 0 Å². The van der Waals surface area contributed by atoms with Crippen LogP contribution in [0.5, 0.6) is 5.75 Å². The lowest BCUT2D eigenvalue weighted by Gasteiger charge is -2.54. The summed E-state index contributed by atoms with van der Waals surface area (Å²) < 4.78 is 50.7. The number of halogens is 3. The molecule has 3 amide bonds. The Morgan fingerprint density at radius 1 is 1.02 bits per heavy atom. The molecule has 0 spiro atoms. The zero-order chi connectivity index (χ0) is 37.6. The molecule has 0 radical (unpaired) electrons. The summed E-state index contributed by atoms with van der Waals surface area (Å²) in [4.78, 5) is 45.2. The number of rotatable bonds is 7. The van der Waals surface area contributed by atoms with Crippen LogP contribution in [0.25, 0.3) is 11.1 Å². The number of amides is 3. The normalized spacial score (nSPS) is 20.5. The predicted molar refractivity (Wildman–Crippen MR) is 190 cm³/mol. The highest BCUT2D eigenvalue weighted by atomic mass is 19.4. The standard InChI is InChI=1S/C39H47F3N4O5/c1-23(2)46(34(47)28-21-30-31(22-29(28)39(40,41)42)51-38(6,7)35(48)44(30)19-17-43)32-27(16-18-45(36(49)50)33(32)37(3,4)5)26-15-11-14-25(20-26)24-12-9-8-10-13-24/h8-15,20-23,27,32-33H,16-19,43H2,1-7H3,(H,49,50)/t27-,32-,33?/m0/s1. The molecule has 5 rings (SSSR count). The van der Waals surface area contributed by atoms with Crippen molar-refractivity contribution in [1.82, 2.24) is 9.80 Å². The largest absolute Gasteiger partial charge is 0.476 e. The van der Waals surface area contributed by atoms with E-state index in [9.17, 15) is 27.9 Å². The van der Waals surface area contributed by atoms with Gasteiger partial charge in [-0.2, -0.15) is 13.2 Å². The lowest BCUT2D eigenvalue weighted by Crippen LogP contribution is -2.66. The molecule has 2 heterocycles. The Balaban J connectivity index is 1.74. The number of nitrogens with zero attached hydrogens (tertiary/aromatic N) is 3. The molecule has 0 saturated carbocycles. The molecular weight excluding hydrogens is 661 g/mol. The third-order valence-electron chi connectivity index (χ3n) is 9.82. The summed E-state index contributed by atoms with van der Waals surface area (Å²) in [5, 5.41) is 10.5. The minimum atomic E-state index is -4.97. The number of carboxylic acid groups (broad SMARTS) is 1. The van der Waals surface area contributed by atoms with E-state index in [0.717, 1.165) is 28.8 Å². The highest BCUT2D eigenvalue weighted by molar-refractivity contribution is 6.05. The van der Waals surface area contributed by atoms with Gasteiger partial charge in [0.1, 0.15) is 5.75 Å². The number of hydrogen-bond acceptors (Lipinski definition) is 5. The van der Waals surface area contributed by atoms with Crippen LogP contribution in [0.1, 0.15) is 82.3 Å². The molecular formula is C39H47F3N4O5. The Labute approximate surface area is 297 Å². The average Bonchev–Trinajstić information content (AvgIpc) is 3.05. The second-order valence-electron chi connectivity index (χ2n) is 15.2. The summed E-state index contributed by atoms with van der Waals surface area (Å²) >= 11 is 0. The van der Waals surface area contributed by atoms with E-state index < -0.39 is 70.3 Å². The third kappa shape index (κ3) is 7.28. The van der Waals surface area contributed by atoms with Crippen LogP contribution in [0.4, 0.5) is 23.7 Å². The number of carbonyl (C=O) groups excluding carboxylic acids is 2. The minimum absolute atomic E-state index is 0.00631. The van der Waals surface area contributed by atoms with Crippen LogP contribution in [0.15, 0.2) is 66.7 Å². The number of carbonyl (C=O) groups is 3. The molecule has 12 heteroatoms. The summed E-state index contributed by atoms with van der Waals surface area (Å²) in [6.07, 6.45) is -5.81. The van der Waals surface area contributed by atoms with Gasteiger partial charge in [-0.1, -0.05) is 75.4 Å². The van der Waals surface area contributed by atoms with E-state index in [1.807, 2.05) is 75.4 Å². The summed E-state index contributed by atoms with van der Waals surface area (Å²) in [5.41, 5.74) is 4.48. The average molecular weight is 709 g/mol. The molecule has 0 bridgehead atoms. The molecule has 51 heavy (non-hydrogen) atoms. The fourth-order valence-corrected chi connectivity index (χ4v) is 7.71. The third-order valence-corrected chi connectivity index (χ3v) is 9.82. The van der Waals surface area contributed by atoms with Crippen LogP contribution in [0, 0.1) is 5.41 Å². The highest BCUT2D eigenvalue weighted by Gasteiger charge is 2.52. The van der Waals surface area contributed by atoms with Gasteiger partial charge < -0.3 is 30.3 Å². The topological polar surface area (TPSA) is 116 Å². The molecule has 2 aliphatic heterocycles. The molecule has 1 fully saturated rings. The second kappa shape index (κ2) is 13.9. The quantitative estimate of drug-likeness (QED) is 0.261. The number of alkyl halides is 3. The van der Waals surface area contributed by atoms with Crippen molar-refractivity contribution >= 4 is 23.6 Å². The molecule has 2 aliphatic rings. The number of hydrogen-bond donors (Lipinski definition) is 2.